The maximum absolute atomic E-state index is 12.0. The van der Waals surface area contributed by atoms with Crippen LogP contribution < -0.4 is 11.1 Å². The molecule has 0 unspecified atom stereocenters. The first kappa shape index (κ1) is 22.9. The van der Waals surface area contributed by atoms with Crippen LogP contribution >= 0.6 is 36.2 Å². The van der Waals surface area contributed by atoms with Gasteiger partial charge in [0.25, 0.3) is 5.91 Å². The van der Waals surface area contributed by atoms with Crippen LogP contribution in [0.2, 0.25) is 0 Å². The minimum absolute atomic E-state index is 0. The first-order chi connectivity index (χ1) is 8.90. The fraction of sp³-hybridized carbons (Fsp3) is 0.714. The number of carbonyl (C=O) groups is 1. The second kappa shape index (κ2) is 10.4. The molecular formula is C14H27Cl2N3OS. The lowest BCUT2D eigenvalue weighted by Gasteiger charge is -2.26. The third-order valence-electron chi connectivity index (χ3n) is 3.38. The number of hydrogen-bond donors (Lipinski definition) is 2. The standard InChI is InChI=1S/C14H25N3OS.2ClH/c1-5-14(15,6-2)9-16-13(18)11-8-19-12(17-11)7-10(3)4;;/h8,10H,5-7,9,15H2,1-4H3,(H,16,18);2*1H. The largest absolute Gasteiger partial charge is 0.349 e. The van der Waals surface area contributed by atoms with Gasteiger partial charge in [-0.15, -0.1) is 36.2 Å². The lowest BCUT2D eigenvalue weighted by molar-refractivity contribution is 0.0937. The highest BCUT2D eigenvalue weighted by Gasteiger charge is 2.22. The molecule has 0 aliphatic heterocycles. The van der Waals surface area contributed by atoms with E-state index in [4.69, 9.17) is 5.73 Å². The van der Waals surface area contributed by atoms with Gasteiger partial charge in [0.1, 0.15) is 5.69 Å². The summed E-state index contributed by atoms with van der Waals surface area (Å²) in [4.78, 5) is 16.4. The van der Waals surface area contributed by atoms with Crippen molar-refractivity contribution in [2.24, 2.45) is 11.7 Å². The molecule has 0 spiro atoms. The van der Waals surface area contributed by atoms with Gasteiger partial charge in [-0.05, 0) is 18.8 Å². The summed E-state index contributed by atoms with van der Waals surface area (Å²) >= 11 is 1.55. The number of rotatable bonds is 7. The predicted octanol–water partition coefficient (Wildman–Crippen LogP) is 3.43. The molecule has 4 nitrogen and oxygen atoms in total. The van der Waals surface area contributed by atoms with E-state index in [2.05, 4.69) is 24.1 Å². The van der Waals surface area contributed by atoms with Crippen LogP contribution in [-0.2, 0) is 6.42 Å². The Morgan fingerprint density at radius 3 is 2.43 bits per heavy atom. The molecule has 124 valence electrons. The molecule has 1 aromatic heterocycles. The summed E-state index contributed by atoms with van der Waals surface area (Å²) < 4.78 is 0. The fourth-order valence-electron chi connectivity index (χ4n) is 1.71. The van der Waals surface area contributed by atoms with Crippen molar-refractivity contribution < 1.29 is 4.79 Å². The zero-order chi connectivity index (χ0) is 14.5. The Bertz CT molecular complexity index is 420. The molecule has 0 bridgehead atoms. The number of hydrogen-bond acceptors (Lipinski definition) is 4. The maximum Gasteiger partial charge on any atom is 0.270 e. The molecule has 1 heterocycles. The molecule has 1 aromatic rings. The monoisotopic (exact) mass is 355 g/mol. The zero-order valence-corrected chi connectivity index (χ0v) is 15.6. The van der Waals surface area contributed by atoms with Gasteiger partial charge in [0.2, 0.25) is 0 Å². The summed E-state index contributed by atoms with van der Waals surface area (Å²) in [5.41, 5.74) is 6.36. The van der Waals surface area contributed by atoms with Crippen molar-refractivity contribution in [3.05, 3.63) is 16.1 Å². The van der Waals surface area contributed by atoms with Gasteiger partial charge in [-0.2, -0.15) is 0 Å². The molecule has 21 heavy (non-hydrogen) atoms. The van der Waals surface area contributed by atoms with Gasteiger partial charge in [0, 0.05) is 23.9 Å². The van der Waals surface area contributed by atoms with Crippen molar-refractivity contribution in [2.45, 2.75) is 52.5 Å². The Morgan fingerprint density at radius 1 is 1.38 bits per heavy atom. The predicted molar refractivity (Wildman–Crippen MR) is 95.0 cm³/mol. The van der Waals surface area contributed by atoms with Gasteiger partial charge in [-0.25, -0.2) is 4.98 Å². The summed E-state index contributed by atoms with van der Waals surface area (Å²) in [6, 6.07) is 0. The summed E-state index contributed by atoms with van der Waals surface area (Å²) in [5.74, 6) is 0.432. The Hall–Kier alpha value is -0.360. The summed E-state index contributed by atoms with van der Waals surface area (Å²) in [5, 5.41) is 5.73. The number of aromatic nitrogens is 1. The minimum atomic E-state index is -0.313. The van der Waals surface area contributed by atoms with Gasteiger partial charge < -0.3 is 11.1 Å². The van der Waals surface area contributed by atoms with Crippen LogP contribution in [0.15, 0.2) is 5.38 Å². The van der Waals surface area contributed by atoms with Crippen molar-refractivity contribution in [1.29, 1.82) is 0 Å². The molecule has 0 radical (unpaired) electrons. The second-order valence-corrected chi connectivity index (χ2v) is 6.42. The lowest BCUT2D eigenvalue weighted by Crippen LogP contribution is -2.49. The highest BCUT2D eigenvalue weighted by atomic mass is 35.5. The molecule has 0 aromatic carbocycles. The number of halogens is 2. The summed E-state index contributed by atoms with van der Waals surface area (Å²) in [6.07, 6.45) is 2.61. The van der Waals surface area contributed by atoms with Gasteiger partial charge in [-0.1, -0.05) is 27.7 Å². The normalized spacial score (nSPS) is 10.8. The van der Waals surface area contributed by atoms with Crippen LogP contribution in [0, 0.1) is 5.92 Å². The molecule has 3 N–H and O–H groups in total. The van der Waals surface area contributed by atoms with E-state index >= 15 is 0 Å². The van der Waals surface area contributed by atoms with Crippen LogP contribution in [0.5, 0.6) is 0 Å². The van der Waals surface area contributed by atoms with Crippen molar-refractivity contribution in [1.82, 2.24) is 10.3 Å². The van der Waals surface area contributed by atoms with E-state index in [1.54, 1.807) is 11.3 Å². The highest BCUT2D eigenvalue weighted by Crippen LogP contribution is 2.15. The topological polar surface area (TPSA) is 68.0 Å². The minimum Gasteiger partial charge on any atom is -0.349 e. The van der Waals surface area contributed by atoms with Crippen molar-refractivity contribution in [2.75, 3.05) is 6.54 Å². The molecule has 1 rings (SSSR count). The fourth-order valence-corrected chi connectivity index (χ4v) is 2.69. The van der Waals surface area contributed by atoms with Gasteiger partial charge in [-0.3, -0.25) is 4.79 Å². The van der Waals surface area contributed by atoms with Crippen LogP contribution in [0.4, 0.5) is 0 Å². The second-order valence-electron chi connectivity index (χ2n) is 5.48. The molecule has 7 heteroatoms. The molecular weight excluding hydrogens is 329 g/mol. The van der Waals surface area contributed by atoms with Crippen LogP contribution in [0.1, 0.15) is 56.0 Å². The number of nitrogens with one attached hydrogen (secondary N) is 1. The third kappa shape index (κ3) is 7.45. The Morgan fingerprint density at radius 2 is 1.95 bits per heavy atom. The van der Waals surface area contributed by atoms with E-state index in [1.165, 1.54) is 0 Å². The van der Waals surface area contributed by atoms with E-state index in [-0.39, 0.29) is 36.3 Å². The van der Waals surface area contributed by atoms with Crippen molar-refractivity contribution in [3.63, 3.8) is 0 Å². The Kier molecular flexibility index (Phi) is 11.3. The van der Waals surface area contributed by atoms with E-state index < -0.39 is 0 Å². The molecule has 0 atom stereocenters. The SMILES string of the molecule is CCC(N)(CC)CNC(=O)c1csc(CC(C)C)n1.Cl.Cl. The smallest absolute Gasteiger partial charge is 0.270 e. The quantitative estimate of drug-likeness (QED) is 0.786. The number of carbonyl (C=O) groups excluding carboxylic acids is 1. The highest BCUT2D eigenvalue weighted by molar-refractivity contribution is 7.09. The maximum atomic E-state index is 12.0. The molecule has 0 aliphatic carbocycles. The van der Waals surface area contributed by atoms with E-state index in [0.717, 1.165) is 24.3 Å². The zero-order valence-electron chi connectivity index (χ0n) is 13.1. The van der Waals surface area contributed by atoms with Crippen LogP contribution in [-0.4, -0.2) is 23.0 Å². The number of amides is 1. The molecule has 0 aliphatic rings. The molecule has 0 fully saturated rings. The Labute approximate surface area is 144 Å². The first-order valence-electron chi connectivity index (χ1n) is 6.91. The lowest BCUT2D eigenvalue weighted by atomic mass is 9.94. The van der Waals surface area contributed by atoms with Crippen molar-refractivity contribution >= 4 is 42.1 Å². The van der Waals surface area contributed by atoms with E-state index in [0.29, 0.717) is 18.2 Å². The van der Waals surface area contributed by atoms with Crippen molar-refractivity contribution in [3.8, 4) is 0 Å². The summed E-state index contributed by atoms with van der Waals surface area (Å²) in [7, 11) is 0. The van der Waals surface area contributed by atoms with Gasteiger partial charge in [0.15, 0.2) is 0 Å². The third-order valence-corrected chi connectivity index (χ3v) is 4.25. The Balaban J connectivity index is 0. The summed E-state index contributed by atoms with van der Waals surface area (Å²) in [6.45, 7) is 8.87. The van der Waals surface area contributed by atoms with Crippen LogP contribution in [0.3, 0.4) is 0 Å². The average molecular weight is 356 g/mol. The average Bonchev–Trinajstić information content (AvgIpc) is 2.83. The molecule has 0 saturated carbocycles. The van der Waals surface area contributed by atoms with Gasteiger partial charge in [0.05, 0.1) is 5.01 Å². The van der Waals surface area contributed by atoms with E-state index in [1.807, 2.05) is 19.2 Å². The first-order valence-corrected chi connectivity index (χ1v) is 7.79. The number of nitrogens with two attached hydrogens (primary N) is 1. The van der Waals surface area contributed by atoms with Crippen LogP contribution in [0.25, 0.3) is 0 Å². The molecule has 1 amide bonds. The molecule has 0 saturated heterocycles. The van der Waals surface area contributed by atoms with Gasteiger partial charge >= 0.3 is 0 Å². The number of thiazole rings is 1. The number of nitrogens with zero attached hydrogens (tertiary/aromatic N) is 1. The van der Waals surface area contributed by atoms with E-state index in [9.17, 15) is 4.79 Å².